The largest absolute Gasteiger partial charge is 0.475 e. The van der Waals surface area contributed by atoms with Gasteiger partial charge in [-0.1, -0.05) is 30.3 Å². The van der Waals surface area contributed by atoms with Crippen LogP contribution in [0.4, 0.5) is 4.79 Å². The Morgan fingerprint density at radius 2 is 1.76 bits per heavy atom. The number of nitrogens with zero attached hydrogens (tertiary/aromatic N) is 1. The van der Waals surface area contributed by atoms with E-state index in [9.17, 15) is 24.4 Å². The molecule has 0 radical (unpaired) electrons. The van der Waals surface area contributed by atoms with Gasteiger partial charge in [-0.15, -0.1) is 0 Å². The molecule has 0 bridgehead atoms. The Kier molecular flexibility index (Phi) is 11.9. The van der Waals surface area contributed by atoms with Gasteiger partial charge in [0.05, 0.1) is 12.5 Å². The minimum Gasteiger partial charge on any atom is -0.444 e. The van der Waals surface area contributed by atoms with E-state index in [1.54, 1.807) is 45.0 Å². The van der Waals surface area contributed by atoms with Gasteiger partial charge in [0.15, 0.2) is 5.96 Å². The molecule has 1 aromatic carbocycles. The fourth-order valence-electron chi connectivity index (χ4n) is 2.87. The molecule has 0 aliphatic rings. The molecule has 9 N–H and O–H groups in total. The van der Waals surface area contributed by atoms with Gasteiger partial charge in [0.25, 0.3) is 0 Å². The van der Waals surface area contributed by atoms with Crippen molar-refractivity contribution in [3.63, 3.8) is 0 Å². The van der Waals surface area contributed by atoms with Gasteiger partial charge in [-0.3, -0.25) is 14.6 Å². The van der Waals surface area contributed by atoms with Crippen molar-refractivity contribution in [2.24, 2.45) is 16.5 Å². The van der Waals surface area contributed by atoms with E-state index in [0.717, 1.165) is 5.56 Å². The zero-order chi connectivity index (χ0) is 25.7. The van der Waals surface area contributed by atoms with Crippen molar-refractivity contribution < 1.29 is 29.2 Å². The Morgan fingerprint density at radius 1 is 1.12 bits per heavy atom. The lowest BCUT2D eigenvalue weighted by molar-refractivity contribution is -0.127. The molecule has 0 saturated carbocycles. The second kappa shape index (κ2) is 14.1. The van der Waals surface area contributed by atoms with E-state index < -0.39 is 49.2 Å². The predicted molar refractivity (Wildman–Crippen MR) is 128 cm³/mol. The SMILES string of the molecule is CC(C)(C)OC(=O)N[C@H](Cc1ccccc1)C(=O)NCC(=O)NC(CCCN=C(N)N)B(O)O. The molecular formula is C21H35BN6O6. The van der Waals surface area contributed by atoms with Crippen LogP contribution in [-0.2, 0) is 20.7 Å². The van der Waals surface area contributed by atoms with Crippen LogP contribution in [0.3, 0.4) is 0 Å². The molecule has 3 amide bonds. The summed E-state index contributed by atoms with van der Waals surface area (Å²) in [5.41, 5.74) is 10.5. The first-order valence-electron chi connectivity index (χ1n) is 10.9. The molecule has 0 heterocycles. The third kappa shape index (κ3) is 12.7. The fourth-order valence-corrected chi connectivity index (χ4v) is 2.87. The van der Waals surface area contributed by atoms with E-state index in [-0.39, 0.29) is 25.3 Å². The minimum absolute atomic E-state index is 0.0853. The molecule has 1 unspecified atom stereocenters. The Hall–Kier alpha value is -3.32. The molecule has 34 heavy (non-hydrogen) atoms. The van der Waals surface area contributed by atoms with E-state index in [2.05, 4.69) is 20.9 Å². The highest BCUT2D eigenvalue weighted by molar-refractivity contribution is 6.43. The lowest BCUT2D eigenvalue weighted by atomic mass is 9.76. The van der Waals surface area contributed by atoms with Crippen LogP contribution in [0, 0.1) is 0 Å². The monoisotopic (exact) mass is 478 g/mol. The molecular weight excluding hydrogens is 443 g/mol. The summed E-state index contributed by atoms with van der Waals surface area (Å²) in [4.78, 5) is 41.0. The van der Waals surface area contributed by atoms with Crippen LogP contribution in [0.1, 0.15) is 39.2 Å². The summed E-state index contributed by atoms with van der Waals surface area (Å²) in [6.07, 6.45) is 0.00448. The number of alkyl carbamates (subject to hydrolysis) is 1. The summed E-state index contributed by atoms with van der Waals surface area (Å²) < 4.78 is 5.23. The Labute approximate surface area is 199 Å². The smallest absolute Gasteiger partial charge is 0.444 e. The number of carbonyl (C=O) groups is 3. The molecule has 2 atom stereocenters. The number of aliphatic imine (C=N–C) groups is 1. The molecule has 0 saturated heterocycles. The van der Waals surface area contributed by atoms with Crippen molar-refractivity contribution in [2.75, 3.05) is 13.1 Å². The number of rotatable bonds is 12. The first-order chi connectivity index (χ1) is 15.9. The molecule has 12 nitrogen and oxygen atoms in total. The summed E-state index contributed by atoms with van der Waals surface area (Å²) in [5, 5.41) is 26.4. The third-order valence-electron chi connectivity index (χ3n) is 4.39. The second-order valence-electron chi connectivity index (χ2n) is 8.64. The van der Waals surface area contributed by atoms with Crippen molar-refractivity contribution in [2.45, 2.75) is 57.6 Å². The maximum absolute atomic E-state index is 12.7. The standard InChI is InChI=1S/C21H35BN6O6/c1-21(2,3)34-20(31)27-15(12-14-8-5-4-6-9-14)18(30)26-13-17(29)28-16(22(32)33)10-7-11-25-19(23)24/h4-6,8-9,15-16,32-33H,7,10-13H2,1-3H3,(H,26,30)(H,27,31)(H,28,29)(H4,23,24,25)/t15-,16?/m1/s1. The third-order valence-corrected chi connectivity index (χ3v) is 4.39. The van der Waals surface area contributed by atoms with E-state index in [1.807, 2.05) is 6.07 Å². The highest BCUT2D eigenvalue weighted by atomic mass is 16.6. The number of hydrogen-bond donors (Lipinski definition) is 7. The van der Waals surface area contributed by atoms with Gasteiger partial charge < -0.3 is 42.2 Å². The van der Waals surface area contributed by atoms with E-state index in [1.165, 1.54) is 0 Å². The van der Waals surface area contributed by atoms with E-state index in [4.69, 9.17) is 16.2 Å². The lowest BCUT2D eigenvalue weighted by Gasteiger charge is -2.23. The predicted octanol–water partition coefficient (Wildman–Crippen LogP) is -1.21. The summed E-state index contributed by atoms with van der Waals surface area (Å²) in [5.74, 6) is -2.29. The fraction of sp³-hybridized carbons (Fsp3) is 0.524. The lowest BCUT2D eigenvalue weighted by Crippen LogP contribution is -2.53. The Balaban J connectivity index is 2.70. The maximum atomic E-state index is 12.7. The first kappa shape index (κ1) is 28.7. The number of carbonyl (C=O) groups excluding carboxylic acids is 3. The molecule has 0 fully saturated rings. The average molecular weight is 478 g/mol. The number of ether oxygens (including phenoxy) is 1. The molecule has 0 aromatic heterocycles. The van der Waals surface area contributed by atoms with Gasteiger partial charge in [0.2, 0.25) is 11.8 Å². The number of amides is 3. The van der Waals surface area contributed by atoms with E-state index in [0.29, 0.717) is 6.42 Å². The number of guanidine groups is 1. The summed E-state index contributed by atoms with van der Waals surface area (Å²) in [7, 11) is -1.81. The van der Waals surface area contributed by atoms with Crippen LogP contribution in [0.15, 0.2) is 35.3 Å². The zero-order valence-electron chi connectivity index (χ0n) is 19.8. The minimum atomic E-state index is -1.81. The van der Waals surface area contributed by atoms with Crippen LogP contribution in [0.5, 0.6) is 0 Å². The number of nitrogens with one attached hydrogen (secondary N) is 3. The van der Waals surface area contributed by atoms with Crippen LogP contribution >= 0.6 is 0 Å². The average Bonchev–Trinajstić information content (AvgIpc) is 2.72. The molecule has 0 aliphatic carbocycles. The molecule has 0 spiro atoms. The van der Waals surface area contributed by atoms with Crippen LogP contribution < -0.4 is 27.4 Å². The van der Waals surface area contributed by atoms with Gasteiger partial charge >= 0.3 is 13.2 Å². The summed E-state index contributed by atoms with van der Waals surface area (Å²) in [6.45, 7) is 4.93. The normalized spacial score (nSPS) is 12.6. The summed E-state index contributed by atoms with van der Waals surface area (Å²) >= 11 is 0. The number of nitrogens with two attached hydrogens (primary N) is 2. The number of benzene rings is 1. The van der Waals surface area contributed by atoms with Crippen molar-refractivity contribution in [1.82, 2.24) is 16.0 Å². The van der Waals surface area contributed by atoms with Gasteiger partial charge in [-0.05, 0) is 39.2 Å². The van der Waals surface area contributed by atoms with Crippen molar-refractivity contribution in [1.29, 1.82) is 0 Å². The van der Waals surface area contributed by atoms with Gasteiger partial charge in [0, 0.05) is 13.0 Å². The maximum Gasteiger partial charge on any atom is 0.475 e. The molecule has 0 aliphatic heterocycles. The van der Waals surface area contributed by atoms with Crippen molar-refractivity contribution in [3.05, 3.63) is 35.9 Å². The first-order valence-corrected chi connectivity index (χ1v) is 10.9. The zero-order valence-corrected chi connectivity index (χ0v) is 19.8. The second-order valence-corrected chi connectivity index (χ2v) is 8.64. The van der Waals surface area contributed by atoms with Gasteiger partial charge in [-0.25, -0.2) is 4.79 Å². The Bertz CT molecular complexity index is 827. The van der Waals surface area contributed by atoms with E-state index >= 15 is 0 Å². The van der Waals surface area contributed by atoms with Crippen molar-refractivity contribution in [3.8, 4) is 0 Å². The topological polar surface area (TPSA) is 201 Å². The van der Waals surface area contributed by atoms with Crippen molar-refractivity contribution >= 4 is 31.0 Å². The molecule has 188 valence electrons. The van der Waals surface area contributed by atoms with Gasteiger partial charge in [0.1, 0.15) is 11.6 Å². The molecule has 1 rings (SSSR count). The van der Waals surface area contributed by atoms with Crippen LogP contribution in [0.25, 0.3) is 0 Å². The molecule has 1 aromatic rings. The molecule has 13 heteroatoms. The van der Waals surface area contributed by atoms with Gasteiger partial charge in [-0.2, -0.15) is 0 Å². The van der Waals surface area contributed by atoms with Crippen LogP contribution in [0.2, 0.25) is 0 Å². The Morgan fingerprint density at radius 3 is 2.32 bits per heavy atom. The summed E-state index contributed by atoms with van der Waals surface area (Å²) in [6, 6.07) is 8.05. The highest BCUT2D eigenvalue weighted by Crippen LogP contribution is 2.09. The quantitative estimate of drug-likeness (QED) is 0.0839. The number of hydrogen-bond acceptors (Lipinski definition) is 7. The highest BCUT2D eigenvalue weighted by Gasteiger charge is 2.27. The van der Waals surface area contributed by atoms with Crippen LogP contribution in [-0.4, -0.2) is 71.7 Å².